The zero-order chi connectivity index (χ0) is 15.2. The van der Waals surface area contributed by atoms with Gasteiger partial charge in [-0.05, 0) is 32.0 Å². The number of aliphatic imine (C=N–C) groups is 1. The second-order valence-corrected chi connectivity index (χ2v) is 4.66. The van der Waals surface area contributed by atoms with E-state index in [2.05, 4.69) is 22.2 Å². The molecule has 0 saturated carbocycles. The van der Waals surface area contributed by atoms with Gasteiger partial charge in [0.1, 0.15) is 23.7 Å². The molecule has 0 atom stereocenters. The summed E-state index contributed by atoms with van der Waals surface area (Å²) in [6, 6.07) is 4.53. The van der Waals surface area contributed by atoms with Gasteiger partial charge in [-0.1, -0.05) is 6.08 Å². The van der Waals surface area contributed by atoms with Gasteiger partial charge in [0, 0.05) is 24.0 Å². The SMILES string of the molecule is C=CCNC(=NCc1oc2ccc(F)cc2c1C)NCC. The molecule has 0 amide bonds. The molecular formula is C16H20FN3O. The van der Waals surface area contributed by atoms with Crippen LogP contribution >= 0.6 is 0 Å². The highest BCUT2D eigenvalue weighted by atomic mass is 19.1. The summed E-state index contributed by atoms with van der Waals surface area (Å²) in [4.78, 5) is 4.46. The number of guanidine groups is 1. The fraction of sp³-hybridized carbons (Fsp3) is 0.312. The minimum atomic E-state index is -0.262. The third kappa shape index (κ3) is 3.62. The first-order chi connectivity index (χ1) is 10.2. The molecule has 112 valence electrons. The highest BCUT2D eigenvalue weighted by Gasteiger charge is 2.11. The van der Waals surface area contributed by atoms with E-state index in [4.69, 9.17) is 4.42 Å². The van der Waals surface area contributed by atoms with Crippen molar-refractivity contribution >= 4 is 16.9 Å². The standard InChI is InChI=1S/C16H20FN3O/c1-4-8-19-16(18-5-2)20-10-15-11(3)13-9-12(17)6-7-14(13)21-15/h4,6-7,9H,1,5,8,10H2,2-3H3,(H2,18,19,20). The number of halogens is 1. The molecule has 0 aliphatic rings. The number of nitrogens with one attached hydrogen (secondary N) is 2. The summed E-state index contributed by atoms with van der Waals surface area (Å²) in [6.45, 7) is 9.38. The summed E-state index contributed by atoms with van der Waals surface area (Å²) < 4.78 is 19.0. The fourth-order valence-corrected chi connectivity index (χ4v) is 2.06. The highest BCUT2D eigenvalue weighted by Crippen LogP contribution is 2.26. The summed E-state index contributed by atoms with van der Waals surface area (Å²) >= 11 is 0. The lowest BCUT2D eigenvalue weighted by Gasteiger charge is -2.08. The van der Waals surface area contributed by atoms with E-state index >= 15 is 0 Å². The van der Waals surface area contributed by atoms with E-state index in [1.54, 1.807) is 12.1 Å². The molecule has 1 aromatic carbocycles. The molecule has 0 radical (unpaired) electrons. The van der Waals surface area contributed by atoms with Crippen molar-refractivity contribution in [2.75, 3.05) is 13.1 Å². The third-order valence-corrected chi connectivity index (χ3v) is 3.14. The number of furan rings is 1. The summed E-state index contributed by atoms with van der Waals surface area (Å²) in [7, 11) is 0. The van der Waals surface area contributed by atoms with E-state index in [-0.39, 0.29) is 5.82 Å². The Hall–Kier alpha value is -2.30. The molecule has 4 nitrogen and oxygen atoms in total. The van der Waals surface area contributed by atoms with Crippen LogP contribution in [0.3, 0.4) is 0 Å². The van der Waals surface area contributed by atoms with Gasteiger partial charge in [-0.15, -0.1) is 6.58 Å². The zero-order valence-electron chi connectivity index (χ0n) is 12.4. The summed E-state index contributed by atoms with van der Waals surface area (Å²) in [5, 5.41) is 7.06. The van der Waals surface area contributed by atoms with E-state index in [1.807, 2.05) is 13.8 Å². The van der Waals surface area contributed by atoms with Gasteiger partial charge in [0.2, 0.25) is 0 Å². The Bertz CT molecular complexity index is 661. The smallest absolute Gasteiger partial charge is 0.191 e. The lowest BCUT2D eigenvalue weighted by Crippen LogP contribution is -2.37. The van der Waals surface area contributed by atoms with Gasteiger partial charge in [-0.3, -0.25) is 0 Å². The summed E-state index contributed by atoms with van der Waals surface area (Å²) in [5.74, 6) is 1.18. The van der Waals surface area contributed by atoms with Gasteiger partial charge in [0.05, 0.1) is 0 Å². The molecule has 0 bridgehead atoms. The Morgan fingerprint density at radius 2 is 2.24 bits per heavy atom. The molecule has 1 heterocycles. The molecule has 0 spiro atoms. The predicted molar refractivity (Wildman–Crippen MR) is 83.9 cm³/mol. The van der Waals surface area contributed by atoms with E-state index in [0.717, 1.165) is 23.3 Å². The Morgan fingerprint density at radius 3 is 2.95 bits per heavy atom. The summed E-state index contributed by atoms with van der Waals surface area (Å²) in [6.07, 6.45) is 1.77. The van der Waals surface area contributed by atoms with Gasteiger partial charge in [-0.2, -0.15) is 0 Å². The second-order valence-electron chi connectivity index (χ2n) is 4.66. The molecule has 21 heavy (non-hydrogen) atoms. The molecule has 5 heteroatoms. The van der Waals surface area contributed by atoms with Crippen LogP contribution in [-0.4, -0.2) is 19.0 Å². The van der Waals surface area contributed by atoms with Gasteiger partial charge in [0.15, 0.2) is 5.96 Å². The molecular weight excluding hydrogens is 269 g/mol. The van der Waals surface area contributed by atoms with Crippen molar-refractivity contribution in [1.29, 1.82) is 0 Å². The van der Waals surface area contributed by atoms with E-state index in [9.17, 15) is 4.39 Å². The quantitative estimate of drug-likeness (QED) is 0.505. The van der Waals surface area contributed by atoms with Crippen LogP contribution in [0, 0.1) is 12.7 Å². The van der Waals surface area contributed by atoms with Gasteiger partial charge in [0.25, 0.3) is 0 Å². The predicted octanol–water partition coefficient (Wildman–Crippen LogP) is 3.12. The van der Waals surface area contributed by atoms with Crippen LogP contribution in [0.1, 0.15) is 18.2 Å². The van der Waals surface area contributed by atoms with Gasteiger partial charge >= 0.3 is 0 Å². The van der Waals surface area contributed by atoms with Crippen LogP contribution in [0.4, 0.5) is 4.39 Å². The number of rotatable bonds is 5. The molecule has 2 aromatic rings. The molecule has 0 aliphatic carbocycles. The topological polar surface area (TPSA) is 49.6 Å². The Morgan fingerprint density at radius 1 is 1.43 bits per heavy atom. The Labute approximate surface area is 123 Å². The lowest BCUT2D eigenvalue weighted by molar-refractivity contribution is 0.547. The van der Waals surface area contributed by atoms with Crippen LogP contribution in [0.25, 0.3) is 11.0 Å². The van der Waals surface area contributed by atoms with Crippen LogP contribution in [-0.2, 0) is 6.54 Å². The fourth-order valence-electron chi connectivity index (χ4n) is 2.06. The second kappa shape index (κ2) is 6.92. The van der Waals surface area contributed by atoms with Crippen LogP contribution in [0.15, 0.2) is 40.3 Å². The highest BCUT2D eigenvalue weighted by molar-refractivity contribution is 5.82. The van der Waals surface area contributed by atoms with E-state index in [0.29, 0.717) is 24.6 Å². The average Bonchev–Trinajstić information content (AvgIpc) is 2.78. The van der Waals surface area contributed by atoms with Crippen molar-refractivity contribution < 1.29 is 8.81 Å². The largest absolute Gasteiger partial charge is 0.459 e. The normalized spacial score (nSPS) is 11.7. The van der Waals surface area contributed by atoms with Crippen molar-refractivity contribution in [3.8, 4) is 0 Å². The number of hydrogen-bond donors (Lipinski definition) is 2. The number of nitrogens with zero attached hydrogens (tertiary/aromatic N) is 1. The molecule has 2 rings (SSSR count). The molecule has 0 fully saturated rings. The average molecular weight is 289 g/mol. The first-order valence-electron chi connectivity index (χ1n) is 6.96. The van der Waals surface area contributed by atoms with Crippen LogP contribution in [0.2, 0.25) is 0 Å². The first-order valence-corrected chi connectivity index (χ1v) is 6.96. The van der Waals surface area contributed by atoms with Gasteiger partial charge in [-0.25, -0.2) is 9.38 Å². The van der Waals surface area contributed by atoms with E-state index in [1.165, 1.54) is 12.1 Å². The minimum absolute atomic E-state index is 0.262. The third-order valence-electron chi connectivity index (χ3n) is 3.14. The summed E-state index contributed by atoms with van der Waals surface area (Å²) in [5.41, 5.74) is 1.61. The maximum Gasteiger partial charge on any atom is 0.191 e. The maximum absolute atomic E-state index is 13.3. The Kier molecular flexibility index (Phi) is 4.98. The number of fused-ring (bicyclic) bond motifs is 1. The monoisotopic (exact) mass is 289 g/mol. The number of hydrogen-bond acceptors (Lipinski definition) is 2. The number of aryl methyl sites for hydroxylation is 1. The van der Waals surface area contributed by atoms with Crippen LogP contribution in [0.5, 0.6) is 0 Å². The van der Waals surface area contributed by atoms with Crippen molar-refractivity contribution in [2.45, 2.75) is 20.4 Å². The van der Waals surface area contributed by atoms with Crippen molar-refractivity contribution in [3.63, 3.8) is 0 Å². The number of benzene rings is 1. The molecule has 0 aliphatic heterocycles. The molecule has 0 unspecified atom stereocenters. The van der Waals surface area contributed by atoms with Crippen molar-refractivity contribution in [3.05, 3.63) is 48.0 Å². The lowest BCUT2D eigenvalue weighted by atomic mass is 10.1. The molecule has 2 N–H and O–H groups in total. The van der Waals surface area contributed by atoms with Gasteiger partial charge < -0.3 is 15.1 Å². The molecule has 0 saturated heterocycles. The minimum Gasteiger partial charge on any atom is -0.459 e. The molecule has 1 aromatic heterocycles. The van der Waals surface area contributed by atoms with Crippen molar-refractivity contribution in [1.82, 2.24) is 10.6 Å². The van der Waals surface area contributed by atoms with Crippen LogP contribution < -0.4 is 10.6 Å². The first kappa shape index (κ1) is 15.1. The van der Waals surface area contributed by atoms with E-state index < -0.39 is 0 Å². The Balaban J connectivity index is 2.21. The zero-order valence-corrected chi connectivity index (χ0v) is 12.4. The maximum atomic E-state index is 13.3. The van der Waals surface area contributed by atoms with Crippen molar-refractivity contribution in [2.24, 2.45) is 4.99 Å².